The van der Waals surface area contributed by atoms with E-state index in [1.165, 1.54) is 19.9 Å². The first-order chi connectivity index (χ1) is 8.24. The SMILES string of the molecule is CC(C)(N=C1NS(=O)(=O)c2ccccc21)C(=O)O. The van der Waals surface area contributed by atoms with Gasteiger partial charge in [-0.25, -0.2) is 18.2 Å². The molecule has 1 aliphatic rings. The van der Waals surface area contributed by atoms with E-state index in [-0.39, 0.29) is 10.7 Å². The van der Waals surface area contributed by atoms with Crippen LogP contribution in [-0.2, 0) is 14.8 Å². The van der Waals surface area contributed by atoms with Crippen molar-refractivity contribution in [3.8, 4) is 0 Å². The van der Waals surface area contributed by atoms with Crippen LogP contribution in [0.4, 0.5) is 0 Å². The Kier molecular flexibility index (Phi) is 2.66. The Hall–Kier alpha value is -1.89. The van der Waals surface area contributed by atoms with Crippen molar-refractivity contribution in [2.75, 3.05) is 0 Å². The first kappa shape index (κ1) is 12.6. The molecule has 0 fully saturated rings. The highest BCUT2D eigenvalue weighted by molar-refractivity contribution is 7.90. The standard InChI is InChI=1S/C11H12N2O4S/c1-11(2,10(14)15)12-9-7-5-3-4-6-8(7)18(16,17)13-9/h3-6H,1-2H3,(H,12,13)(H,14,15). The molecular weight excluding hydrogens is 256 g/mol. The number of benzene rings is 1. The molecule has 0 aromatic heterocycles. The van der Waals surface area contributed by atoms with Gasteiger partial charge in [-0.2, -0.15) is 0 Å². The van der Waals surface area contributed by atoms with E-state index in [9.17, 15) is 13.2 Å². The molecule has 0 amide bonds. The van der Waals surface area contributed by atoms with Crippen LogP contribution >= 0.6 is 0 Å². The van der Waals surface area contributed by atoms with Crippen LogP contribution < -0.4 is 4.72 Å². The van der Waals surface area contributed by atoms with E-state index < -0.39 is 21.5 Å². The second-order valence-electron chi connectivity index (χ2n) is 4.43. The van der Waals surface area contributed by atoms with E-state index in [0.717, 1.165) is 0 Å². The lowest BCUT2D eigenvalue weighted by Gasteiger charge is -2.14. The summed E-state index contributed by atoms with van der Waals surface area (Å²) in [5, 5.41) is 9.00. The Bertz CT molecular complexity index is 647. The lowest BCUT2D eigenvalue weighted by atomic mass is 10.1. The summed E-state index contributed by atoms with van der Waals surface area (Å²) in [4.78, 5) is 15.1. The van der Waals surface area contributed by atoms with Crippen LogP contribution in [0.15, 0.2) is 34.2 Å². The molecule has 1 heterocycles. The van der Waals surface area contributed by atoms with Crippen LogP contribution in [0, 0.1) is 0 Å². The number of carboxylic acids is 1. The molecule has 0 spiro atoms. The Morgan fingerprint density at radius 3 is 2.56 bits per heavy atom. The molecule has 18 heavy (non-hydrogen) atoms. The number of carboxylic acid groups (broad SMARTS) is 1. The minimum Gasteiger partial charge on any atom is -0.479 e. The molecule has 96 valence electrons. The van der Waals surface area contributed by atoms with Crippen LogP contribution in [0.1, 0.15) is 19.4 Å². The molecular formula is C11H12N2O4S. The number of sulfonamides is 1. The van der Waals surface area contributed by atoms with Gasteiger partial charge in [0.15, 0.2) is 5.54 Å². The van der Waals surface area contributed by atoms with Crippen molar-refractivity contribution in [1.82, 2.24) is 4.72 Å². The van der Waals surface area contributed by atoms with Crippen LogP contribution in [0.5, 0.6) is 0 Å². The maximum absolute atomic E-state index is 11.8. The van der Waals surface area contributed by atoms with Crippen LogP contribution in [-0.4, -0.2) is 30.9 Å². The molecule has 7 heteroatoms. The number of carbonyl (C=O) groups is 1. The highest BCUT2D eigenvalue weighted by atomic mass is 32.2. The van der Waals surface area contributed by atoms with Gasteiger partial charge >= 0.3 is 5.97 Å². The predicted molar refractivity (Wildman–Crippen MR) is 65.0 cm³/mol. The van der Waals surface area contributed by atoms with Gasteiger partial charge in [-0.15, -0.1) is 0 Å². The quantitative estimate of drug-likeness (QED) is 0.820. The minimum absolute atomic E-state index is 0.0676. The maximum Gasteiger partial charge on any atom is 0.331 e. The number of rotatable bonds is 2. The number of nitrogens with one attached hydrogen (secondary N) is 1. The van der Waals surface area contributed by atoms with Crippen LogP contribution in [0.25, 0.3) is 0 Å². The van der Waals surface area contributed by atoms with E-state index >= 15 is 0 Å². The highest BCUT2D eigenvalue weighted by Gasteiger charge is 2.34. The third-order valence-corrected chi connectivity index (χ3v) is 3.97. The third-order valence-electron chi connectivity index (χ3n) is 2.58. The van der Waals surface area contributed by atoms with Crippen molar-refractivity contribution in [3.05, 3.63) is 29.8 Å². The summed E-state index contributed by atoms with van der Waals surface area (Å²) in [5.74, 6) is -1.06. The molecule has 1 aromatic rings. The van der Waals surface area contributed by atoms with E-state index in [1.807, 2.05) is 0 Å². The summed E-state index contributed by atoms with van der Waals surface area (Å²) in [5.41, 5.74) is -0.998. The zero-order chi connectivity index (χ0) is 13.6. The first-order valence-corrected chi connectivity index (χ1v) is 6.68. The van der Waals surface area contributed by atoms with Crippen molar-refractivity contribution >= 4 is 21.8 Å². The lowest BCUT2D eigenvalue weighted by molar-refractivity contribution is -0.141. The van der Waals surface area contributed by atoms with Gasteiger partial charge in [0.25, 0.3) is 10.0 Å². The summed E-state index contributed by atoms with van der Waals surface area (Å²) in [6.07, 6.45) is 0. The van der Waals surface area contributed by atoms with Crippen LogP contribution in [0.3, 0.4) is 0 Å². The van der Waals surface area contributed by atoms with Gasteiger partial charge in [0.2, 0.25) is 0 Å². The summed E-state index contributed by atoms with van der Waals surface area (Å²) in [6, 6.07) is 6.31. The van der Waals surface area contributed by atoms with E-state index in [4.69, 9.17) is 5.11 Å². The molecule has 1 aliphatic heterocycles. The van der Waals surface area contributed by atoms with Gasteiger partial charge in [0.1, 0.15) is 5.84 Å². The monoisotopic (exact) mass is 268 g/mol. The van der Waals surface area contributed by atoms with E-state index in [2.05, 4.69) is 9.71 Å². The average Bonchev–Trinajstić information content (AvgIpc) is 2.51. The Morgan fingerprint density at radius 2 is 1.94 bits per heavy atom. The molecule has 0 atom stereocenters. The molecule has 0 radical (unpaired) electrons. The lowest BCUT2D eigenvalue weighted by Crippen LogP contribution is -2.33. The van der Waals surface area contributed by atoms with Crippen molar-refractivity contribution < 1.29 is 18.3 Å². The summed E-state index contributed by atoms with van der Waals surface area (Å²) >= 11 is 0. The Labute approximate surface area is 104 Å². The van der Waals surface area contributed by atoms with Gasteiger partial charge in [-0.3, -0.25) is 4.72 Å². The van der Waals surface area contributed by atoms with Crippen molar-refractivity contribution in [1.29, 1.82) is 0 Å². The zero-order valence-electron chi connectivity index (χ0n) is 9.84. The third kappa shape index (κ3) is 1.97. The molecule has 0 saturated heterocycles. The maximum atomic E-state index is 11.8. The fourth-order valence-corrected chi connectivity index (χ4v) is 2.78. The molecule has 6 nitrogen and oxygen atoms in total. The van der Waals surface area contributed by atoms with Gasteiger partial charge in [0.05, 0.1) is 4.90 Å². The number of amidine groups is 1. The molecule has 1 aromatic carbocycles. The number of aliphatic imine (C=N–C) groups is 1. The summed E-state index contributed by atoms with van der Waals surface area (Å²) < 4.78 is 25.8. The Morgan fingerprint density at radius 1 is 1.33 bits per heavy atom. The number of nitrogens with zero attached hydrogens (tertiary/aromatic N) is 1. The molecule has 0 bridgehead atoms. The zero-order valence-corrected chi connectivity index (χ0v) is 10.7. The second-order valence-corrected chi connectivity index (χ2v) is 6.08. The molecule has 0 aliphatic carbocycles. The predicted octanol–water partition coefficient (Wildman–Crippen LogP) is 0.588. The van der Waals surface area contributed by atoms with Crippen LogP contribution in [0.2, 0.25) is 0 Å². The fraction of sp³-hybridized carbons (Fsp3) is 0.273. The summed E-state index contributed by atoms with van der Waals surface area (Å²) in [6.45, 7) is 2.80. The van der Waals surface area contributed by atoms with E-state index in [1.54, 1.807) is 18.2 Å². The number of aliphatic carboxylic acids is 1. The van der Waals surface area contributed by atoms with Crippen molar-refractivity contribution in [2.24, 2.45) is 4.99 Å². The van der Waals surface area contributed by atoms with Gasteiger partial charge in [-0.05, 0) is 26.0 Å². The molecule has 2 rings (SSSR count). The summed E-state index contributed by atoms with van der Waals surface area (Å²) in [7, 11) is -3.63. The van der Waals surface area contributed by atoms with Gasteiger partial charge in [0, 0.05) is 5.56 Å². The number of fused-ring (bicyclic) bond motifs is 1. The molecule has 2 N–H and O–H groups in total. The van der Waals surface area contributed by atoms with Gasteiger partial charge < -0.3 is 5.11 Å². The number of hydrogen-bond donors (Lipinski definition) is 2. The molecule has 0 unspecified atom stereocenters. The van der Waals surface area contributed by atoms with Crippen molar-refractivity contribution in [2.45, 2.75) is 24.3 Å². The minimum atomic E-state index is -3.63. The molecule has 0 saturated carbocycles. The van der Waals surface area contributed by atoms with E-state index in [0.29, 0.717) is 5.56 Å². The fourth-order valence-electron chi connectivity index (χ4n) is 1.54. The highest BCUT2D eigenvalue weighted by Crippen LogP contribution is 2.24. The normalized spacial score (nSPS) is 19.3. The van der Waals surface area contributed by atoms with Crippen molar-refractivity contribution in [3.63, 3.8) is 0 Å². The van der Waals surface area contributed by atoms with Gasteiger partial charge in [-0.1, -0.05) is 12.1 Å². The average molecular weight is 268 g/mol. The Balaban J connectivity index is 2.59. The topological polar surface area (TPSA) is 95.8 Å². The first-order valence-electron chi connectivity index (χ1n) is 5.19. The smallest absolute Gasteiger partial charge is 0.331 e. The second kappa shape index (κ2) is 3.81. The number of hydrogen-bond acceptors (Lipinski definition) is 4. The largest absolute Gasteiger partial charge is 0.479 e.